The Balaban J connectivity index is 2.07. The van der Waals surface area contributed by atoms with Gasteiger partial charge in [-0.05, 0) is 26.2 Å². The second kappa shape index (κ2) is 4.64. The van der Waals surface area contributed by atoms with E-state index in [0.29, 0.717) is 6.42 Å². The highest BCUT2D eigenvalue weighted by Crippen LogP contribution is 2.31. The molecule has 1 heterocycles. The second-order valence-electron chi connectivity index (χ2n) is 4.87. The van der Waals surface area contributed by atoms with E-state index in [1.54, 1.807) is 18.9 Å². The Morgan fingerprint density at radius 3 is 2.59 bits per heavy atom. The maximum Gasteiger partial charge on any atom is 0.246 e. The molecule has 5 heteroatoms. The Bertz CT molecular complexity index is 326. The fourth-order valence-electron chi connectivity index (χ4n) is 2.58. The predicted molar refractivity (Wildman–Crippen MR) is 62.3 cm³/mol. The molecule has 1 saturated carbocycles. The van der Waals surface area contributed by atoms with Crippen molar-refractivity contribution in [1.29, 1.82) is 0 Å². The molecule has 0 aromatic carbocycles. The molecule has 0 aromatic heterocycles. The molecule has 2 fully saturated rings. The lowest BCUT2D eigenvalue weighted by molar-refractivity contribution is -0.157. The molecule has 2 rings (SSSR count). The molecule has 1 N–H and O–H groups in total. The van der Waals surface area contributed by atoms with E-state index < -0.39 is 0 Å². The summed E-state index contributed by atoms with van der Waals surface area (Å²) in [5, 5.41) is 2.76. The van der Waals surface area contributed by atoms with Gasteiger partial charge in [-0.15, -0.1) is 0 Å². The minimum atomic E-state index is -0.354. The van der Waals surface area contributed by atoms with Crippen LogP contribution in [0.5, 0.6) is 0 Å². The van der Waals surface area contributed by atoms with Crippen molar-refractivity contribution < 1.29 is 14.3 Å². The molecule has 2 atom stereocenters. The minimum absolute atomic E-state index is 0.0442. The molecule has 0 radical (unpaired) electrons. The van der Waals surface area contributed by atoms with Crippen LogP contribution in [-0.2, 0) is 14.3 Å². The van der Waals surface area contributed by atoms with Crippen LogP contribution in [0.25, 0.3) is 0 Å². The Kier molecular flexibility index (Phi) is 3.38. The van der Waals surface area contributed by atoms with Crippen molar-refractivity contribution in [1.82, 2.24) is 10.2 Å². The van der Waals surface area contributed by atoms with E-state index in [1.807, 2.05) is 6.92 Å². The molecule has 0 bridgehead atoms. The Labute approximate surface area is 101 Å². The lowest BCUT2D eigenvalue weighted by Gasteiger charge is -2.47. The third kappa shape index (κ3) is 2.04. The highest BCUT2D eigenvalue weighted by Gasteiger charge is 2.45. The second-order valence-corrected chi connectivity index (χ2v) is 4.87. The van der Waals surface area contributed by atoms with Crippen molar-refractivity contribution in [2.45, 2.75) is 57.3 Å². The maximum absolute atomic E-state index is 12.2. The number of amides is 2. The summed E-state index contributed by atoms with van der Waals surface area (Å²) in [5.41, 5.74) is 0. The third-order valence-corrected chi connectivity index (χ3v) is 3.87. The molecule has 1 aliphatic heterocycles. The van der Waals surface area contributed by atoms with Gasteiger partial charge in [-0.2, -0.15) is 0 Å². The van der Waals surface area contributed by atoms with Crippen LogP contribution in [0.3, 0.4) is 0 Å². The third-order valence-electron chi connectivity index (χ3n) is 3.87. The van der Waals surface area contributed by atoms with Gasteiger partial charge in [0.05, 0.1) is 6.10 Å². The van der Waals surface area contributed by atoms with Crippen molar-refractivity contribution in [3.8, 4) is 0 Å². The Morgan fingerprint density at radius 1 is 1.41 bits per heavy atom. The highest BCUT2D eigenvalue weighted by molar-refractivity contribution is 5.96. The van der Waals surface area contributed by atoms with Gasteiger partial charge in [-0.3, -0.25) is 9.59 Å². The lowest BCUT2D eigenvalue weighted by atomic mass is 9.85. The molecule has 17 heavy (non-hydrogen) atoms. The monoisotopic (exact) mass is 240 g/mol. The SMILES string of the molecule is CCC1NC(=O)C(C)N(C2CC(OC)C2)C1=O. The van der Waals surface area contributed by atoms with Crippen LogP contribution in [0.1, 0.15) is 33.1 Å². The standard InChI is InChI=1S/C12H20N2O3/c1-4-10-12(16)14(7(2)11(15)13-10)8-5-9(6-8)17-3/h7-10H,4-6H2,1-3H3,(H,13,15). The van der Waals surface area contributed by atoms with Crippen molar-refractivity contribution in [2.24, 2.45) is 0 Å². The topological polar surface area (TPSA) is 58.6 Å². The zero-order valence-electron chi connectivity index (χ0n) is 10.6. The number of hydrogen-bond acceptors (Lipinski definition) is 3. The van der Waals surface area contributed by atoms with Crippen LogP contribution in [0.2, 0.25) is 0 Å². The van der Waals surface area contributed by atoms with Gasteiger partial charge in [0.25, 0.3) is 0 Å². The van der Waals surface area contributed by atoms with E-state index in [9.17, 15) is 9.59 Å². The quantitative estimate of drug-likeness (QED) is 0.771. The van der Waals surface area contributed by atoms with E-state index in [-0.39, 0.29) is 36.0 Å². The molecule has 96 valence electrons. The largest absolute Gasteiger partial charge is 0.381 e. The Morgan fingerprint density at radius 2 is 2.06 bits per heavy atom. The molecule has 2 aliphatic rings. The van der Waals surface area contributed by atoms with Crippen molar-refractivity contribution in [3.05, 3.63) is 0 Å². The first-order valence-corrected chi connectivity index (χ1v) is 6.23. The first-order chi connectivity index (χ1) is 8.08. The maximum atomic E-state index is 12.2. The molecule has 2 amide bonds. The van der Waals surface area contributed by atoms with Crippen LogP contribution in [0.4, 0.5) is 0 Å². The average Bonchev–Trinajstić information content (AvgIpc) is 2.26. The summed E-state index contributed by atoms with van der Waals surface area (Å²) in [6.45, 7) is 3.70. The molecule has 2 unspecified atom stereocenters. The Hall–Kier alpha value is -1.10. The van der Waals surface area contributed by atoms with Gasteiger partial charge in [-0.1, -0.05) is 6.92 Å². The number of piperazine rings is 1. The summed E-state index contributed by atoms with van der Waals surface area (Å²) < 4.78 is 5.22. The fraction of sp³-hybridized carbons (Fsp3) is 0.833. The van der Waals surface area contributed by atoms with Gasteiger partial charge < -0.3 is 15.0 Å². The molecule has 0 spiro atoms. The van der Waals surface area contributed by atoms with Crippen LogP contribution in [0, 0.1) is 0 Å². The number of rotatable bonds is 3. The molecule has 0 aromatic rings. The fourth-order valence-corrected chi connectivity index (χ4v) is 2.58. The predicted octanol–water partition coefficient (Wildman–Crippen LogP) is 0.289. The summed E-state index contributed by atoms with van der Waals surface area (Å²) in [5.74, 6) is 0.0106. The van der Waals surface area contributed by atoms with Gasteiger partial charge in [-0.25, -0.2) is 0 Å². The van der Waals surface area contributed by atoms with Gasteiger partial charge in [0.15, 0.2) is 0 Å². The van der Waals surface area contributed by atoms with Gasteiger partial charge >= 0.3 is 0 Å². The smallest absolute Gasteiger partial charge is 0.246 e. The number of nitrogens with one attached hydrogen (secondary N) is 1. The van der Waals surface area contributed by atoms with E-state index >= 15 is 0 Å². The van der Waals surface area contributed by atoms with Crippen molar-refractivity contribution in [3.63, 3.8) is 0 Å². The van der Waals surface area contributed by atoms with E-state index in [4.69, 9.17) is 4.74 Å². The van der Waals surface area contributed by atoms with Crippen LogP contribution < -0.4 is 5.32 Å². The minimum Gasteiger partial charge on any atom is -0.381 e. The van der Waals surface area contributed by atoms with E-state index in [0.717, 1.165) is 12.8 Å². The van der Waals surface area contributed by atoms with E-state index in [2.05, 4.69) is 5.32 Å². The van der Waals surface area contributed by atoms with Gasteiger partial charge in [0.2, 0.25) is 11.8 Å². The lowest BCUT2D eigenvalue weighted by Crippen LogP contribution is -2.67. The zero-order chi connectivity index (χ0) is 12.6. The highest BCUT2D eigenvalue weighted by atomic mass is 16.5. The molecule has 1 saturated heterocycles. The summed E-state index contributed by atoms with van der Waals surface area (Å²) in [4.78, 5) is 25.7. The van der Waals surface area contributed by atoms with Crippen molar-refractivity contribution >= 4 is 11.8 Å². The summed E-state index contributed by atoms with van der Waals surface area (Å²) in [7, 11) is 1.68. The number of methoxy groups -OCH3 is 1. The van der Waals surface area contributed by atoms with Crippen molar-refractivity contribution in [2.75, 3.05) is 7.11 Å². The molecular formula is C12H20N2O3. The number of carbonyl (C=O) groups is 2. The van der Waals surface area contributed by atoms with Crippen LogP contribution in [0.15, 0.2) is 0 Å². The zero-order valence-corrected chi connectivity index (χ0v) is 10.6. The normalized spacial score (nSPS) is 37.7. The average molecular weight is 240 g/mol. The summed E-state index contributed by atoms with van der Waals surface area (Å²) in [6, 6.07) is -0.532. The molecule has 5 nitrogen and oxygen atoms in total. The van der Waals surface area contributed by atoms with Crippen LogP contribution >= 0.6 is 0 Å². The van der Waals surface area contributed by atoms with Crippen LogP contribution in [-0.4, -0.2) is 48.1 Å². The summed E-state index contributed by atoms with van der Waals surface area (Å²) >= 11 is 0. The van der Waals surface area contributed by atoms with Gasteiger partial charge in [0.1, 0.15) is 12.1 Å². The number of carbonyl (C=O) groups excluding carboxylic acids is 2. The number of nitrogens with zero attached hydrogens (tertiary/aromatic N) is 1. The summed E-state index contributed by atoms with van der Waals surface area (Å²) in [6.07, 6.45) is 2.57. The van der Waals surface area contributed by atoms with Gasteiger partial charge in [0, 0.05) is 13.2 Å². The first-order valence-electron chi connectivity index (χ1n) is 6.23. The van der Waals surface area contributed by atoms with E-state index in [1.165, 1.54) is 0 Å². The number of ether oxygens (including phenoxy) is 1. The first kappa shape index (κ1) is 12.4. The molecular weight excluding hydrogens is 220 g/mol. The molecule has 1 aliphatic carbocycles. The number of hydrogen-bond donors (Lipinski definition) is 1.